The number of benzene rings is 1. The minimum absolute atomic E-state index is 0.213. The van der Waals surface area contributed by atoms with Crippen molar-refractivity contribution in [3.8, 4) is 11.1 Å². The highest BCUT2D eigenvalue weighted by Gasteiger charge is 2.17. The molecular formula is C18H16F2N4O. The van der Waals surface area contributed by atoms with Crippen molar-refractivity contribution in [3.05, 3.63) is 65.1 Å². The number of halogens is 2. The van der Waals surface area contributed by atoms with Crippen LogP contribution in [0, 0.1) is 25.5 Å². The molecule has 0 aliphatic rings. The molecule has 0 aliphatic heterocycles. The molecule has 0 spiro atoms. The highest BCUT2D eigenvalue weighted by atomic mass is 19.2. The molecule has 3 aromatic rings. The van der Waals surface area contributed by atoms with E-state index in [0.29, 0.717) is 28.2 Å². The number of rotatable bonds is 3. The number of nitrogens with zero attached hydrogens (tertiary/aromatic N) is 3. The Bertz CT molecular complexity index is 966. The Hall–Kier alpha value is -3.09. The van der Waals surface area contributed by atoms with Gasteiger partial charge in [-0.1, -0.05) is 6.07 Å². The van der Waals surface area contributed by atoms with Crippen LogP contribution in [0.4, 0.5) is 14.6 Å². The van der Waals surface area contributed by atoms with E-state index in [9.17, 15) is 13.6 Å². The van der Waals surface area contributed by atoms with Crippen molar-refractivity contribution in [2.24, 2.45) is 7.05 Å². The van der Waals surface area contributed by atoms with Gasteiger partial charge in [0.2, 0.25) is 0 Å². The second-order valence-electron chi connectivity index (χ2n) is 5.74. The van der Waals surface area contributed by atoms with E-state index in [4.69, 9.17) is 0 Å². The lowest BCUT2D eigenvalue weighted by atomic mass is 9.98. The van der Waals surface area contributed by atoms with Gasteiger partial charge in [-0.15, -0.1) is 0 Å². The molecule has 128 valence electrons. The zero-order chi connectivity index (χ0) is 18.1. The van der Waals surface area contributed by atoms with Gasteiger partial charge in [-0.2, -0.15) is 5.10 Å². The van der Waals surface area contributed by atoms with Crippen LogP contribution < -0.4 is 5.32 Å². The zero-order valence-corrected chi connectivity index (χ0v) is 14.0. The smallest absolute Gasteiger partial charge is 0.275 e. The fourth-order valence-electron chi connectivity index (χ4n) is 2.58. The molecule has 25 heavy (non-hydrogen) atoms. The van der Waals surface area contributed by atoms with Crippen molar-refractivity contribution >= 4 is 11.7 Å². The van der Waals surface area contributed by atoms with Crippen LogP contribution in [0.3, 0.4) is 0 Å². The molecule has 0 atom stereocenters. The lowest BCUT2D eigenvalue weighted by molar-refractivity contribution is 0.102. The van der Waals surface area contributed by atoms with Crippen molar-refractivity contribution in [1.82, 2.24) is 14.8 Å². The van der Waals surface area contributed by atoms with Crippen molar-refractivity contribution < 1.29 is 13.6 Å². The molecule has 0 aliphatic carbocycles. The summed E-state index contributed by atoms with van der Waals surface area (Å²) < 4.78 is 28.3. The fraction of sp³-hybridized carbons (Fsp3) is 0.167. The molecule has 0 unspecified atom stereocenters. The van der Waals surface area contributed by atoms with E-state index in [1.807, 2.05) is 0 Å². The van der Waals surface area contributed by atoms with Crippen LogP contribution in [0.15, 0.2) is 36.5 Å². The Morgan fingerprint density at radius 3 is 2.52 bits per heavy atom. The van der Waals surface area contributed by atoms with E-state index in [1.54, 1.807) is 43.9 Å². The van der Waals surface area contributed by atoms with Gasteiger partial charge in [0, 0.05) is 25.0 Å². The number of carbonyl (C=O) groups is 1. The van der Waals surface area contributed by atoms with Crippen LogP contribution in [0.25, 0.3) is 11.1 Å². The monoisotopic (exact) mass is 342 g/mol. The SMILES string of the molecule is Cc1cc(-c2ccc(F)c(F)c2)c(C)c(C(=O)Nc2ccn(C)n2)n1. The Morgan fingerprint density at radius 1 is 1.12 bits per heavy atom. The Morgan fingerprint density at radius 2 is 1.88 bits per heavy atom. The zero-order valence-electron chi connectivity index (χ0n) is 14.0. The van der Waals surface area contributed by atoms with Gasteiger partial charge in [0.1, 0.15) is 5.69 Å². The molecule has 1 aromatic carbocycles. The van der Waals surface area contributed by atoms with E-state index in [1.165, 1.54) is 6.07 Å². The van der Waals surface area contributed by atoms with Gasteiger partial charge in [-0.05, 0) is 48.7 Å². The van der Waals surface area contributed by atoms with Crippen LogP contribution in [0.5, 0.6) is 0 Å². The minimum atomic E-state index is -0.939. The number of hydrogen-bond donors (Lipinski definition) is 1. The lowest BCUT2D eigenvalue weighted by Gasteiger charge is -2.12. The quantitative estimate of drug-likeness (QED) is 0.791. The van der Waals surface area contributed by atoms with Crippen molar-refractivity contribution in [2.75, 3.05) is 5.32 Å². The summed E-state index contributed by atoms with van der Waals surface area (Å²) >= 11 is 0. The number of anilines is 1. The number of aryl methyl sites for hydroxylation is 2. The van der Waals surface area contributed by atoms with Gasteiger partial charge in [-0.3, -0.25) is 9.48 Å². The summed E-state index contributed by atoms with van der Waals surface area (Å²) in [7, 11) is 1.74. The fourth-order valence-corrected chi connectivity index (χ4v) is 2.58. The number of nitrogens with one attached hydrogen (secondary N) is 1. The predicted octanol–water partition coefficient (Wildman–Crippen LogP) is 3.63. The van der Waals surface area contributed by atoms with Crippen LogP contribution in [0.1, 0.15) is 21.7 Å². The second kappa shape index (κ2) is 6.43. The first kappa shape index (κ1) is 16.8. The summed E-state index contributed by atoms with van der Waals surface area (Å²) in [5, 5.41) is 6.77. The molecule has 5 nitrogen and oxygen atoms in total. The number of carbonyl (C=O) groups excluding carboxylic acids is 1. The third kappa shape index (κ3) is 3.40. The van der Waals surface area contributed by atoms with Crippen LogP contribution in [-0.2, 0) is 7.05 Å². The molecule has 0 fully saturated rings. The number of amides is 1. The van der Waals surface area contributed by atoms with Crippen molar-refractivity contribution in [2.45, 2.75) is 13.8 Å². The highest BCUT2D eigenvalue weighted by molar-refractivity contribution is 6.04. The molecule has 0 bridgehead atoms. The van der Waals surface area contributed by atoms with E-state index in [0.717, 1.165) is 12.1 Å². The highest BCUT2D eigenvalue weighted by Crippen LogP contribution is 2.27. The molecule has 2 aromatic heterocycles. The number of hydrogen-bond acceptors (Lipinski definition) is 3. The molecule has 0 saturated carbocycles. The van der Waals surface area contributed by atoms with Crippen molar-refractivity contribution in [1.29, 1.82) is 0 Å². The summed E-state index contributed by atoms with van der Waals surface area (Å²) in [5.74, 6) is -1.86. The molecule has 7 heteroatoms. The maximum Gasteiger partial charge on any atom is 0.275 e. The largest absolute Gasteiger partial charge is 0.304 e. The van der Waals surface area contributed by atoms with Crippen LogP contribution >= 0.6 is 0 Å². The van der Waals surface area contributed by atoms with Gasteiger partial charge in [0.05, 0.1) is 0 Å². The first-order valence-corrected chi connectivity index (χ1v) is 7.60. The first-order chi connectivity index (χ1) is 11.8. The van der Waals surface area contributed by atoms with Crippen molar-refractivity contribution in [3.63, 3.8) is 0 Å². The molecule has 3 rings (SSSR count). The van der Waals surface area contributed by atoms with E-state index in [-0.39, 0.29) is 5.69 Å². The van der Waals surface area contributed by atoms with Crippen LogP contribution in [0.2, 0.25) is 0 Å². The predicted molar refractivity (Wildman–Crippen MR) is 90.2 cm³/mol. The third-order valence-electron chi connectivity index (χ3n) is 3.80. The van der Waals surface area contributed by atoms with E-state index in [2.05, 4.69) is 15.4 Å². The van der Waals surface area contributed by atoms with Gasteiger partial charge in [0.15, 0.2) is 17.5 Å². The molecular weight excluding hydrogens is 326 g/mol. The minimum Gasteiger partial charge on any atom is -0.304 e. The summed E-state index contributed by atoms with van der Waals surface area (Å²) in [4.78, 5) is 16.8. The first-order valence-electron chi connectivity index (χ1n) is 7.60. The Labute approximate surface area is 143 Å². The standard InChI is InChI=1S/C18H16F2N4O/c1-10-8-13(12-4-5-14(19)15(20)9-12)11(2)17(21-10)18(25)22-16-6-7-24(3)23-16/h4-9H,1-3H3,(H,22,23,25). The average molecular weight is 342 g/mol. The number of pyridine rings is 1. The van der Waals surface area contributed by atoms with Gasteiger partial charge < -0.3 is 5.32 Å². The Balaban J connectivity index is 2.02. The second-order valence-corrected chi connectivity index (χ2v) is 5.74. The maximum absolute atomic E-state index is 13.6. The summed E-state index contributed by atoms with van der Waals surface area (Å²) in [6.07, 6.45) is 1.71. The summed E-state index contributed by atoms with van der Waals surface area (Å²) in [6.45, 7) is 3.46. The number of aromatic nitrogens is 3. The topological polar surface area (TPSA) is 59.8 Å². The van der Waals surface area contributed by atoms with E-state index < -0.39 is 17.5 Å². The summed E-state index contributed by atoms with van der Waals surface area (Å²) in [6, 6.07) is 7.05. The van der Waals surface area contributed by atoms with Gasteiger partial charge in [0.25, 0.3) is 5.91 Å². The van der Waals surface area contributed by atoms with Crippen LogP contribution in [-0.4, -0.2) is 20.7 Å². The molecule has 1 N–H and O–H groups in total. The molecule has 1 amide bonds. The molecule has 0 saturated heterocycles. The Kier molecular flexibility index (Phi) is 4.31. The normalized spacial score (nSPS) is 10.8. The summed E-state index contributed by atoms with van der Waals surface area (Å²) in [5.41, 5.74) is 2.48. The molecule has 0 radical (unpaired) electrons. The average Bonchev–Trinajstić information content (AvgIpc) is 2.97. The lowest BCUT2D eigenvalue weighted by Crippen LogP contribution is -2.17. The molecule has 2 heterocycles. The van der Waals surface area contributed by atoms with Gasteiger partial charge in [-0.25, -0.2) is 13.8 Å². The third-order valence-corrected chi connectivity index (χ3v) is 3.80. The van der Waals surface area contributed by atoms with E-state index >= 15 is 0 Å². The maximum atomic E-state index is 13.6. The van der Waals surface area contributed by atoms with Gasteiger partial charge >= 0.3 is 0 Å².